The lowest BCUT2D eigenvalue weighted by molar-refractivity contribution is -0.136. The summed E-state index contributed by atoms with van der Waals surface area (Å²) in [6.45, 7) is 6.95. The summed E-state index contributed by atoms with van der Waals surface area (Å²) in [5.74, 6) is -0.421. The Kier molecular flexibility index (Phi) is 6.75. The van der Waals surface area contributed by atoms with E-state index in [9.17, 15) is 18.0 Å². The molecule has 0 spiro atoms. The molecule has 7 nitrogen and oxygen atoms in total. The lowest BCUT2D eigenvalue weighted by Crippen LogP contribution is -2.48. The van der Waals surface area contributed by atoms with Crippen molar-refractivity contribution < 1.29 is 22.7 Å². The number of carbonyl (C=O) groups excluding carboxylic acids is 2. The summed E-state index contributed by atoms with van der Waals surface area (Å²) in [6, 6.07) is 9.21. The largest absolute Gasteiger partial charge is 0.444 e. The topological polar surface area (TPSA) is 84.0 Å². The van der Waals surface area contributed by atoms with Crippen LogP contribution in [0.1, 0.15) is 50.8 Å². The van der Waals surface area contributed by atoms with E-state index < -0.39 is 26.8 Å². The summed E-state index contributed by atoms with van der Waals surface area (Å²) in [5, 5.41) is -0.582. The van der Waals surface area contributed by atoms with E-state index >= 15 is 0 Å². The molecule has 30 heavy (non-hydrogen) atoms. The molecule has 1 aromatic carbocycles. The highest BCUT2D eigenvalue weighted by Gasteiger charge is 2.37. The normalized spacial score (nSPS) is 24.8. The van der Waals surface area contributed by atoms with Gasteiger partial charge in [-0.1, -0.05) is 30.3 Å². The first-order valence-corrected chi connectivity index (χ1v) is 12.3. The number of nitrogens with zero attached hydrogens (tertiary/aromatic N) is 2. The van der Waals surface area contributed by atoms with Crippen LogP contribution in [0.3, 0.4) is 0 Å². The van der Waals surface area contributed by atoms with Gasteiger partial charge in [0, 0.05) is 26.2 Å². The molecule has 2 heterocycles. The predicted molar refractivity (Wildman–Crippen MR) is 115 cm³/mol. The first-order valence-electron chi connectivity index (χ1n) is 10.6. The Balaban J connectivity index is 1.66. The fourth-order valence-corrected chi connectivity index (χ4v) is 5.93. The number of sulfone groups is 1. The van der Waals surface area contributed by atoms with E-state index in [0.717, 1.165) is 12.0 Å². The van der Waals surface area contributed by atoms with Gasteiger partial charge in [0.15, 0.2) is 9.84 Å². The van der Waals surface area contributed by atoms with Gasteiger partial charge in [0.25, 0.3) is 0 Å². The molecular weight excluding hydrogens is 404 g/mol. The second-order valence-electron chi connectivity index (χ2n) is 9.15. The van der Waals surface area contributed by atoms with Crippen LogP contribution in [0.5, 0.6) is 0 Å². The number of amides is 2. The minimum atomic E-state index is -3.33. The van der Waals surface area contributed by atoms with Crippen LogP contribution in [0, 0.1) is 5.92 Å². The predicted octanol–water partition coefficient (Wildman–Crippen LogP) is 3.02. The summed E-state index contributed by atoms with van der Waals surface area (Å²) in [6.07, 6.45) is 1.42. The van der Waals surface area contributed by atoms with E-state index in [4.69, 9.17) is 4.74 Å². The Hall–Kier alpha value is -2.09. The number of carbonyl (C=O) groups is 2. The minimum absolute atomic E-state index is 0.0409. The van der Waals surface area contributed by atoms with Crippen molar-refractivity contribution in [2.75, 3.05) is 31.9 Å². The molecular formula is C22H32N2O5S. The van der Waals surface area contributed by atoms with E-state index in [1.807, 2.05) is 51.1 Å². The first-order chi connectivity index (χ1) is 14.1. The molecule has 2 saturated heterocycles. The Morgan fingerprint density at radius 3 is 2.37 bits per heavy atom. The van der Waals surface area contributed by atoms with Gasteiger partial charge in [-0.2, -0.15) is 0 Å². The quantitative estimate of drug-likeness (QED) is 0.712. The van der Waals surface area contributed by atoms with Gasteiger partial charge >= 0.3 is 6.09 Å². The summed E-state index contributed by atoms with van der Waals surface area (Å²) in [5.41, 5.74) is 0.195. The van der Waals surface area contributed by atoms with Gasteiger partial charge in [-0.05, 0) is 45.6 Å². The average Bonchev–Trinajstić information content (AvgIpc) is 2.85. The number of ether oxygens (including phenoxy) is 1. The zero-order chi connectivity index (χ0) is 21.9. The molecule has 0 saturated carbocycles. The molecule has 2 unspecified atom stereocenters. The summed E-state index contributed by atoms with van der Waals surface area (Å²) in [7, 11) is -3.33. The number of rotatable bonds is 2. The second kappa shape index (κ2) is 8.96. The van der Waals surface area contributed by atoms with Gasteiger partial charge in [0.1, 0.15) is 5.60 Å². The first kappa shape index (κ1) is 22.6. The van der Waals surface area contributed by atoms with Crippen LogP contribution in [0.25, 0.3) is 0 Å². The molecule has 2 atom stereocenters. The molecule has 2 aliphatic rings. The van der Waals surface area contributed by atoms with Crippen molar-refractivity contribution in [3.8, 4) is 0 Å². The smallest absolute Gasteiger partial charge is 0.410 e. The molecule has 1 aromatic rings. The zero-order valence-electron chi connectivity index (χ0n) is 18.0. The fraction of sp³-hybridized carbons (Fsp3) is 0.636. The van der Waals surface area contributed by atoms with Gasteiger partial charge < -0.3 is 14.5 Å². The van der Waals surface area contributed by atoms with Crippen molar-refractivity contribution in [2.45, 2.75) is 50.9 Å². The molecule has 3 rings (SSSR count). The molecule has 166 valence electrons. The van der Waals surface area contributed by atoms with Crippen LogP contribution in [0.15, 0.2) is 30.3 Å². The van der Waals surface area contributed by atoms with E-state index in [0.29, 0.717) is 32.5 Å². The van der Waals surface area contributed by atoms with Gasteiger partial charge in [-0.25, -0.2) is 13.2 Å². The number of hydrogen-bond acceptors (Lipinski definition) is 5. The van der Waals surface area contributed by atoms with Gasteiger partial charge in [0.05, 0.1) is 16.9 Å². The van der Waals surface area contributed by atoms with Crippen molar-refractivity contribution in [3.05, 3.63) is 35.9 Å². The highest BCUT2D eigenvalue weighted by atomic mass is 32.2. The third-order valence-electron chi connectivity index (χ3n) is 5.65. The number of benzene rings is 1. The number of hydrogen-bond donors (Lipinski definition) is 0. The van der Waals surface area contributed by atoms with Crippen molar-refractivity contribution in [2.24, 2.45) is 5.92 Å². The Bertz CT molecular complexity index is 863. The van der Waals surface area contributed by atoms with E-state index in [1.54, 1.807) is 9.80 Å². The maximum Gasteiger partial charge on any atom is 0.410 e. The molecule has 8 heteroatoms. The molecule has 0 bridgehead atoms. The molecule has 0 radical (unpaired) electrons. The highest BCUT2D eigenvalue weighted by molar-refractivity contribution is 7.91. The van der Waals surface area contributed by atoms with Crippen molar-refractivity contribution in [3.63, 3.8) is 0 Å². The van der Waals surface area contributed by atoms with Crippen LogP contribution in [-0.2, 0) is 19.4 Å². The maximum atomic E-state index is 13.2. The van der Waals surface area contributed by atoms with E-state index in [1.165, 1.54) is 0 Å². The lowest BCUT2D eigenvalue weighted by Gasteiger charge is -2.35. The number of likely N-dealkylation sites (tertiary alicyclic amines) is 1. The number of piperidine rings is 1. The summed E-state index contributed by atoms with van der Waals surface area (Å²) < 4.78 is 31.1. The fourth-order valence-electron chi connectivity index (χ4n) is 4.14. The summed E-state index contributed by atoms with van der Waals surface area (Å²) in [4.78, 5) is 28.8. The standard InChI is InChI=1S/C22H32N2O5S/c1-22(2,3)29-21(26)24-12-7-10-18(16-24)20(25)23-13-11-19(30(27,28)15-14-23)17-8-5-4-6-9-17/h4-6,8-9,18-19H,7,10-16H2,1-3H3. The third kappa shape index (κ3) is 5.53. The maximum absolute atomic E-state index is 13.2. The zero-order valence-corrected chi connectivity index (χ0v) is 18.9. The highest BCUT2D eigenvalue weighted by Crippen LogP contribution is 2.30. The monoisotopic (exact) mass is 436 g/mol. The van der Waals surface area contributed by atoms with Crippen LogP contribution in [0.4, 0.5) is 4.79 Å². The van der Waals surface area contributed by atoms with Crippen molar-refractivity contribution in [1.29, 1.82) is 0 Å². The van der Waals surface area contributed by atoms with E-state index in [-0.39, 0.29) is 24.1 Å². The van der Waals surface area contributed by atoms with Gasteiger partial charge in [-0.3, -0.25) is 4.79 Å². The summed E-state index contributed by atoms with van der Waals surface area (Å²) >= 11 is 0. The van der Waals surface area contributed by atoms with Gasteiger partial charge in [-0.15, -0.1) is 0 Å². The SMILES string of the molecule is CC(C)(C)OC(=O)N1CCCC(C(=O)N2CCC(c3ccccc3)S(=O)(=O)CC2)C1. The Morgan fingerprint density at radius 2 is 1.70 bits per heavy atom. The Morgan fingerprint density at radius 1 is 1.00 bits per heavy atom. The molecule has 0 aliphatic carbocycles. The molecule has 0 aromatic heterocycles. The molecule has 2 fully saturated rings. The van der Waals surface area contributed by atoms with Crippen LogP contribution in [-0.4, -0.2) is 67.8 Å². The molecule has 2 aliphatic heterocycles. The lowest BCUT2D eigenvalue weighted by atomic mass is 9.96. The second-order valence-corrected chi connectivity index (χ2v) is 11.4. The average molecular weight is 437 g/mol. The molecule has 2 amide bonds. The third-order valence-corrected chi connectivity index (χ3v) is 7.77. The minimum Gasteiger partial charge on any atom is -0.444 e. The van der Waals surface area contributed by atoms with Crippen LogP contribution in [0.2, 0.25) is 0 Å². The van der Waals surface area contributed by atoms with Crippen LogP contribution >= 0.6 is 0 Å². The van der Waals surface area contributed by atoms with E-state index in [2.05, 4.69) is 0 Å². The Labute approximate surface area is 179 Å². The molecule has 0 N–H and O–H groups in total. The van der Waals surface area contributed by atoms with Crippen LogP contribution < -0.4 is 0 Å². The van der Waals surface area contributed by atoms with Crippen molar-refractivity contribution >= 4 is 21.8 Å². The van der Waals surface area contributed by atoms with Crippen molar-refractivity contribution in [1.82, 2.24) is 9.80 Å². The van der Waals surface area contributed by atoms with Gasteiger partial charge in [0.2, 0.25) is 5.91 Å².